The lowest BCUT2D eigenvalue weighted by molar-refractivity contribution is -0.276. The molecule has 2 saturated heterocycles. The number of nitrogens with zero attached hydrogens (tertiary/aromatic N) is 2. The van der Waals surface area contributed by atoms with Crippen LogP contribution in [0.2, 0.25) is 0 Å². The molecule has 4 aromatic carbocycles. The second-order valence-electron chi connectivity index (χ2n) is 11.9. The number of piperazine rings is 1. The number of hydrogen-bond donors (Lipinski definition) is 2. The van der Waals surface area contributed by atoms with Gasteiger partial charge in [0.15, 0.2) is 6.29 Å². The van der Waals surface area contributed by atoms with Crippen molar-refractivity contribution in [2.75, 3.05) is 37.4 Å². The molecule has 0 radical (unpaired) electrons. The van der Waals surface area contributed by atoms with Gasteiger partial charge in [0.2, 0.25) is 0 Å². The van der Waals surface area contributed by atoms with Gasteiger partial charge in [-0.25, -0.2) is 8.42 Å². The van der Waals surface area contributed by atoms with E-state index in [2.05, 4.69) is 51.8 Å². The zero-order chi connectivity index (χ0) is 31.2. The van der Waals surface area contributed by atoms with Crippen LogP contribution in [0.15, 0.2) is 114 Å². The molecule has 2 aliphatic rings. The van der Waals surface area contributed by atoms with Crippen molar-refractivity contribution < 1.29 is 23.0 Å². The molecule has 0 aliphatic carbocycles. The summed E-state index contributed by atoms with van der Waals surface area (Å²) in [6.45, 7) is 7.87. The van der Waals surface area contributed by atoms with Gasteiger partial charge in [-0.2, -0.15) is 0 Å². The lowest BCUT2D eigenvalue weighted by Crippen LogP contribution is -2.51. The number of aliphatic hydroxyl groups excluding tert-OH is 1. The van der Waals surface area contributed by atoms with Gasteiger partial charge >= 0.3 is 0 Å². The Hall–Kier alpha value is -3.57. The van der Waals surface area contributed by atoms with Crippen molar-refractivity contribution in [2.24, 2.45) is 5.92 Å². The lowest BCUT2D eigenvalue weighted by Gasteiger charge is -2.44. The Kier molecular flexibility index (Phi) is 9.94. The topological polar surface area (TPSA) is 91.3 Å². The van der Waals surface area contributed by atoms with E-state index in [1.807, 2.05) is 36.4 Å². The quantitative estimate of drug-likeness (QED) is 0.237. The Morgan fingerprint density at radius 2 is 1.33 bits per heavy atom. The highest BCUT2D eigenvalue weighted by Crippen LogP contribution is 2.42. The first kappa shape index (κ1) is 31.4. The summed E-state index contributed by atoms with van der Waals surface area (Å²) in [5, 5.41) is 9.56. The van der Waals surface area contributed by atoms with Crippen molar-refractivity contribution in [3.8, 4) is 0 Å². The standard InChI is InChI=1S/C36H41N3O5S/c1-27-34(25-39-22-20-38(21-23-39)24-28-8-4-2-5-9-28)43-36(44-35(27)30-14-12-29(26-40)13-15-30)31-16-18-32(19-17-31)37-45(41,42)33-10-6-3-7-11-33/h2-19,27,34-37,40H,20-26H2,1H3. The molecule has 0 aromatic heterocycles. The highest BCUT2D eigenvalue weighted by Gasteiger charge is 2.39. The third-order valence-electron chi connectivity index (χ3n) is 8.76. The highest BCUT2D eigenvalue weighted by molar-refractivity contribution is 7.92. The molecule has 2 fully saturated rings. The predicted octanol–water partition coefficient (Wildman–Crippen LogP) is 5.59. The number of hydrogen-bond acceptors (Lipinski definition) is 7. The third-order valence-corrected chi connectivity index (χ3v) is 10.2. The van der Waals surface area contributed by atoms with Crippen LogP contribution in [-0.4, -0.2) is 62.2 Å². The van der Waals surface area contributed by atoms with E-state index in [1.54, 1.807) is 42.5 Å². The van der Waals surface area contributed by atoms with E-state index < -0.39 is 16.3 Å². The summed E-state index contributed by atoms with van der Waals surface area (Å²) in [7, 11) is -3.70. The predicted molar refractivity (Wildman–Crippen MR) is 175 cm³/mol. The van der Waals surface area contributed by atoms with Gasteiger partial charge in [0.25, 0.3) is 10.0 Å². The molecule has 6 rings (SSSR count). The first-order valence-corrected chi connectivity index (χ1v) is 17.0. The molecule has 45 heavy (non-hydrogen) atoms. The number of sulfonamides is 1. The van der Waals surface area contributed by atoms with Crippen LogP contribution in [0.3, 0.4) is 0 Å². The zero-order valence-electron chi connectivity index (χ0n) is 25.5. The minimum absolute atomic E-state index is 0.00759. The van der Waals surface area contributed by atoms with Crippen LogP contribution in [0.5, 0.6) is 0 Å². The van der Waals surface area contributed by atoms with Gasteiger partial charge in [0.1, 0.15) is 0 Å². The summed E-state index contributed by atoms with van der Waals surface area (Å²) in [5.41, 5.74) is 4.52. The van der Waals surface area contributed by atoms with Gasteiger partial charge in [0.05, 0.1) is 23.7 Å². The Morgan fingerprint density at radius 3 is 1.98 bits per heavy atom. The van der Waals surface area contributed by atoms with Gasteiger partial charge in [-0.1, -0.05) is 91.9 Å². The summed E-state index contributed by atoms with van der Waals surface area (Å²) in [5.74, 6) is 0.0838. The van der Waals surface area contributed by atoms with Crippen molar-refractivity contribution in [3.05, 3.63) is 131 Å². The van der Waals surface area contributed by atoms with Crippen LogP contribution in [0.1, 0.15) is 41.6 Å². The van der Waals surface area contributed by atoms with Crippen LogP contribution >= 0.6 is 0 Å². The van der Waals surface area contributed by atoms with Gasteiger partial charge in [-0.05, 0) is 41.0 Å². The molecular formula is C36H41N3O5S. The van der Waals surface area contributed by atoms with Crippen molar-refractivity contribution in [1.82, 2.24) is 9.80 Å². The van der Waals surface area contributed by atoms with Crippen molar-refractivity contribution in [1.29, 1.82) is 0 Å². The minimum atomic E-state index is -3.70. The van der Waals surface area contributed by atoms with Gasteiger partial charge in [-0.3, -0.25) is 14.5 Å². The van der Waals surface area contributed by atoms with Gasteiger partial charge < -0.3 is 14.6 Å². The molecule has 236 valence electrons. The monoisotopic (exact) mass is 627 g/mol. The first-order chi connectivity index (χ1) is 21.9. The van der Waals surface area contributed by atoms with Crippen LogP contribution in [0.4, 0.5) is 5.69 Å². The van der Waals surface area contributed by atoms with E-state index in [0.29, 0.717) is 5.69 Å². The van der Waals surface area contributed by atoms with E-state index in [4.69, 9.17) is 9.47 Å². The molecule has 0 bridgehead atoms. The first-order valence-electron chi connectivity index (χ1n) is 15.5. The lowest BCUT2D eigenvalue weighted by atomic mass is 9.90. The molecule has 4 unspecified atom stereocenters. The number of anilines is 1. The second kappa shape index (κ2) is 14.2. The summed E-state index contributed by atoms with van der Waals surface area (Å²) < 4.78 is 41.6. The van der Waals surface area contributed by atoms with E-state index in [0.717, 1.165) is 56.0 Å². The van der Waals surface area contributed by atoms with Crippen LogP contribution in [-0.2, 0) is 32.6 Å². The molecule has 0 saturated carbocycles. The molecule has 2 aliphatic heterocycles. The van der Waals surface area contributed by atoms with E-state index in [9.17, 15) is 13.5 Å². The maximum atomic E-state index is 12.8. The number of nitrogens with one attached hydrogen (secondary N) is 1. The van der Waals surface area contributed by atoms with Crippen LogP contribution in [0.25, 0.3) is 0 Å². The second-order valence-corrected chi connectivity index (χ2v) is 13.6. The van der Waals surface area contributed by atoms with Gasteiger partial charge in [-0.15, -0.1) is 0 Å². The maximum Gasteiger partial charge on any atom is 0.261 e. The molecule has 4 aromatic rings. The third kappa shape index (κ3) is 7.81. The van der Waals surface area contributed by atoms with Crippen LogP contribution < -0.4 is 4.72 Å². The Balaban J connectivity index is 1.16. The Bertz CT molecular complexity index is 1610. The summed E-state index contributed by atoms with van der Waals surface area (Å²) >= 11 is 0. The smallest absolute Gasteiger partial charge is 0.261 e. The highest BCUT2D eigenvalue weighted by atomic mass is 32.2. The fourth-order valence-corrected chi connectivity index (χ4v) is 7.16. The number of rotatable bonds is 10. The van der Waals surface area contributed by atoms with Gasteiger partial charge in [0, 0.05) is 56.4 Å². The molecule has 0 spiro atoms. The summed E-state index contributed by atoms with van der Waals surface area (Å²) in [6, 6.07) is 34.0. The minimum Gasteiger partial charge on any atom is -0.392 e. The SMILES string of the molecule is CC1C(CN2CCN(Cc3ccccc3)CC2)OC(c2ccc(NS(=O)(=O)c3ccccc3)cc2)OC1c1ccc(CO)cc1. The normalized spacial score (nSPS) is 23.1. The van der Waals surface area contributed by atoms with E-state index >= 15 is 0 Å². The molecule has 9 heteroatoms. The fraction of sp³-hybridized carbons (Fsp3) is 0.333. The van der Waals surface area contributed by atoms with E-state index in [-0.39, 0.29) is 29.6 Å². The molecule has 8 nitrogen and oxygen atoms in total. The van der Waals surface area contributed by atoms with Crippen molar-refractivity contribution >= 4 is 15.7 Å². The van der Waals surface area contributed by atoms with Crippen molar-refractivity contribution in [3.63, 3.8) is 0 Å². The Morgan fingerprint density at radius 1 is 0.733 bits per heavy atom. The summed E-state index contributed by atoms with van der Waals surface area (Å²) in [4.78, 5) is 5.20. The fourth-order valence-electron chi connectivity index (χ4n) is 6.08. The van der Waals surface area contributed by atoms with Crippen molar-refractivity contribution in [2.45, 2.75) is 43.5 Å². The molecule has 2 N–H and O–H groups in total. The average molecular weight is 628 g/mol. The largest absolute Gasteiger partial charge is 0.392 e. The maximum absolute atomic E-state index is 12.8. The zero-order valence-corrected chi connectivity index (χ0v) is 26.4. The number of benzene rings is 4. The Labute approximate surface area is 266 Å². The molecule has 4 atom stereocenters. The van der Waals surface area contributed by atoms with E-state index in [1.165, 1.54) is 5.56 Å². The number of aliphatic hydroxyl groups is 1. The average Bonchev–Trinajstić information content (AvgIpc) is 3.08. The van der Waals surface area contributed by atoms with Crippen LogP contribution in [0, 0.1) is 5.92 Å². The number of ether oxygens (including phenoxy) is 2. The molecule has 2 heterocycles. The molecular weight excluding hydrogens is 586 g/mol. The molecule has 0 amide bonds. The summed E-state index contributed by atoms with van der Waals surface area (Å²) in [6.07, 6.45) is -0.909.